The van der Waals surface area contributed by atoms with Crippen LogP contribution in [0.3, 0.4) is 0 Å². The second kappa shape index (κ2) is 3.91. The molecule has 2 heterocycles. The minimum absolute atomic E-state index is 0.194. The molecular weight excluding hydrogens is 214 g/mol. The Morgan fingerprint density at radius 3 is 2.75 bits per heavy atom. The van der Waals surface area contributed by atoms with Crippen molar-refractivity contribution in [3.8, 4) is 0 Å². The van der Waals surface area contributed by atoms with E-state index in [0.29, 0.717) is 5.82 Å². The van der Waals surface area contributed by atoms with Crippen LogP contribution in [0.2, 0.25) is 0 Å². The summed E-state index contributed by atoms with van der Waals surface area (Å²) in [6.45, 7) is 0.221. The molecule has 0 saturated carbocycles. The molecule has 2 rings (SSSR count). The zero-order valence-corrected chi connectivity index (χ0v) is 8.53. The van der Waals surface area contributed by atoms with Gasteiger partial charge >= 0.3 is 5.69 Å². The number of methoxy groups -OCH3 is 1. The number of nitrogens with one attached hydrogen (secondary N) is 3. The van der Waals surface area contributed by atoms with Crippen LogP contribution in [0.5, 0.6) is 0 Å². The number of hydrogen-bond donors (Lipinski definition) is 4. The molecule has 0 spiro atoms. The van der Waals surface area contributed by atoms with Gasteiger partial charge in [0.1, 0.15) is 17.4 Å². The number of nitrogens with zero attached hydrogens (tertiary/aromatic N) is 1. The van der Waals surface area contributed by atoms with E-state index in [4.69, 9.17) is 10.5 Å². The second-order valence-corrected chi connectivity index (χ2v) is 3.21. The molecule has 0 aliphatic carbocycles. The highest BCUT2D eigenvalue weighted by atomic mass is 16.5. The van der Waals surface area contributed by atoms with E-state index in [9.17, 15) is 9.59 Å². The molecule has 1 atom stereocenters. The highest BCUT2D eigenvalue weighted by molar-refractivity contribution is 5.68. The van der Waals surface area contributed by atoms with Gasteiger partial charge in [-0.15, -0.1) is 0 Å². The van der Waals surface area contributed by atoms with Crippen molar-refractivity contribution in [3.63, 3.8) is 0 Å². The summed E-state index contributed by atoms with van der Waals surface area (Å²) in [6, 6.07) is 0. The largest absolute Gasteiger partial charge is 0.372 e. The molecule has 0 aliphatic heterocycles. The molecule has 86 valence electrons. The normalized spacial score (nSPS) is 13.1. The van der Waals surface area contributed by atoms with Crippen molar-refractivity contribution < 1.29 is 4.74 Å². The van der Waals surface area contributed by atoms with E-state index in [0.717, 1.165) is 0 Å². The molecule has 0 amide bonds. The zero-order chi connectivity index (χ0) is 11.7. The van der Waals surface area contributed by atoms with Crippen LogP contribution in [-0.2, 0) is 4.74 Å². The first kappa shape index (κ1) is 10.6. The van der Waals surface area contributed by atoms with Crippen molar-refractivity contribution in [3.05, 3.63) is 26.7 Å². The van der Waals surface area contributed by atoms with Gasteiger partial charge in [0.25, 0.3) is 5.56 Å². The third-order valence-electron chi connectivity index (χ3n) is 2.21. The van der Waals surface area contributed by atoms with Gasteiger partial charge in [-0.2, -0.15) is 0 Å². The Labute approximate surface area is 88.9 Å². The van der Waals surface area contributed by atoms with Crippen molar-refractivity contribution in [1.82, 2.24) is 19.9 Å². The van der Waals surface area contributed by atoms with E-state index in [1.165, 1.54) is 7.11 Å². The van der Waals surface area contributed by atoms with E-state index in [-0.39, 0.29) is 17.7 Å². The van der Waals surface area contributed by atoms with E-state index in [1.54, 1.807) is 0 Å². The average Bonchev–Trinajstić information content (AvgIpc) is 2.63. The van der Waals surface area contributed by atoms with Crippen molar-refractivity contribution in [1.29, 1.82) is 0 Å². The highest BCUT2D eigenvalue weighted by Crippen LogP contribution is 2.12. The maximum atomic E-state index is 11.4. The predicted molar refractivity (Wildman–Crippen MR) is 56.1 cm³/mol. The van der Waals surface area contributed by atoms with Crippen LogP contribution in [-0.4, -0.2) is 33.6 Å². The van der Waals surface area contributed by atoms with Crippen LogP contribution >= 0.6 is 0 Å². The fraction of sp³-hybridized carbons (Fsp3) is 0.375. The van der Waals surface area contributed by atoms with Gasteiger partial charge in [-0.3, -0.25) is 14.8 Å². The number of H-pyrrole nitrogens is 3. The topological polar surface area (TPSA) is 130 Å². The van der Waals surface area contributed by atoms with Crippen LogP contribution in [0.1, 0.15) is 11.9 Å². The minimum Gasteiger partial charge on any atom is -0.372 e. The Bertz CT molecular complexity index is 606. The third kappa shape index (κ3) is 1.64. The van der Waals surface area contributed by atoms with Gasteiger partial charge in [-0.1, -0.05) is 0 Å². The van der Waals surface area contributed by atoms with Gasteiger partial charge < -0.3 is 15.5 Å². The first-order valence-electron chi connectivity index (χ1n) is 4.60. The lowest BCUT2D eigenvalue weighted by molar-refractivity contribution is 0.104. The Morgan fingerprint density at radius 2 is 2.12 bits per heavy atom. The molecule has 0 aromatic carbocycles. The average molecular weight is 225 g/mol. The Balaban J connectivity index is 2.64. The number of nitrogens with two attached hydrogens (primary N) is 1. The molecule has 0 saturated heterocycles. The number of imidazole rings is 1. The van der Waals surface area contributed by atoms with Crippen LogP contribution in [0, 0.1) is 0 Å². The first-order chi connectivity index (χ1) is 7.65. The highest BCUT2D eigenvalue weighted by Gasteiger charge is 2.15. The number of ether oxygens (including phenoxy) is 1. The molecule has 0 radical (unpaired) electrons. The number of hydrogen-bond acceptors (Lipinski definition) is 5. The summed E-state index contributed by atoms with van der Waals surface area (Å²) in [5.41, 5.74) is 4.73. The number of fused-ring (bicyclic) bond motifs is 1. The molecule has 8 heteroatoms. The van der Waals surface area contributed by atoms with Crippen LogP contribution in [0.15, 0.2) is 9.59 Å². The third-order valence-corrected chi connectivity index (χ3v) is 2.21. The van der Waals surface area contributed by atoms with Gasteiger partial charge in [0, 0.05) is 13.7 Å². The quantitative estimate of drug-likeness (QED) is 0.509. The molecular formula is C8H11N5O3. The minimum atomic E-state index is -0.600. The van der Waals surface area contributed by atoms with E-state index in [2.05, 4.69) is 19.9 Å². The van der Waals surface area contributed by atoms with Gasteiger partial charge in [0.2, 0.25) is 0 Å². The summed E-state index contributed by atoms with van der Waals surface area (Å²) in [6.07, 6.45) is -0.435. The number of aromatic amines is 3. The Hall–Kier alpha value is -1.93. The van der Waals surface area contributed by atoms with Crippen molar-refractivity contribution in [2.45, 2.75) is 6.10 Å². The van der Waals surface area contributed by atoms with Gasteiger partial charge in [-0.25, -0.2) is 9.78 Å². The molecule has 0 fully saturated rings. The van der Waals surface area contributed by atoms with E-state index >= 15 is 0 Å². The van der Waals surface area contributed by atoms with E-state index < -0.39 is 17.4 Å². The summed E-state index contributed by atoms with van der Waals surface area (Å²) in [7, 11) is 1.48. The lowest BCUT2D eigenvalue weighted by Gasteiger charge is -2.08. The van der Waals surface area contributed by atoms with Crippen molar-refractivity contribution in [2.24, 2.45) is 5.73 Å². The SMILES string of the molecule is COC(CN)c1nc2[nH]c(=O)[nH]c(=O)c2[nH]1. The molecule has 5 N–H and O–H groups in total. The standard InChI is InChI=1S/C8H11N5O3/c1-16-3(2-9)5-10-4-6(11-5)12-8(15)13-7(4)14/h3H,2,9H2,1H3,(H3,10,11,12,13,14,15). The second-order valence-electron chi connectivity index (χ2n) is 3.21. The van der Waals surface area contributed by atoms with Crippen molar-refractivity contribution >= 4 is 11.2 Å². The lowest BCUT2D eigenvalue weighted by Crippen LogP contribution is -2.21. The smallest absolute Gasteiger partial charge is 0.327 e. The zero-order valence-electron chi connectivity index (χ0n) is 8.53. The predicted octanol–water partition coefficient (Wildman–Crippen LogP) is -1.41. The van der Waals surface area contributed by atoms with Crippen LogP contribution < -0.4 is 17.0 Å². The Morgan fingerprint density at radius 1 is 1.38 bits per heavy atom. The summed E-state index contributed by atoms with van der Waals surface area (Å²) in [5, 5.41) is 0. The first-order valence-corrected chi connectivity index (χ1v) is 4.60. The van der Waals surface area contributed by atoms with Gasteiger partial charge in [0.15, 0.2) is 5.65 Å². The summed E-state index contributed by atoms with van der Waals surface area (Å²) >= 11 is 0. The molecule has 0 bridgehead atoms. The molecule has 0 aliphatic rings. The molecule has 1 unspecified atom stereocenters. The van der Waals surface area contributed by atoms with Gasteiger partial charge in [0.05, 0.1) is 0 Å². The summed E-state index contributed by atoms with van der Waals surface area (Å²) < 4.78 is 5.06. The monoisotopic (exact) mass is 225 g/mol. The maximum Gasteiger partial charge on any atom is 0.327 e. The number of rotatable bonds is 3. The summed E-state index contributed by atoms with van der Waals surface area (Å²) in [4.78, 5) is 33.7. The number of aromatic nitrogens is 4. The van der Waals surface area contributed by atoms with Gasteiger partial charge in [-0.05, 0) is 0 Å². The maximum absolute atomic E-state index is 11.4. The molecule has 2 aromatic heterocycles. The van der Waals surface area contributed by atoms with Crippen molar-refractivity contribution in [2.75, 3.05) is 13.7 Å². The van der Waals surface area contributed by atoms with E-state index in [1.807, 2.05) is 0 Å². The fourth-order valence-corrected chi connectivity index (χ4v) is 1.42. The van der Waals surface area contributed by atoms with Crippen LogP contribution in [0.4, 0.5) is 0 Å². The Kier molecular flexibility index (Phi) is 2.59. The van der Waals surface area contributed by atoms with Crippen LogP contribution in [0.25, 0.3) is 11.2 Å². The summed E-state index contributed by atoms with van der Waals surface area (Å²) in [5.74, 6) is 0.410. The molecule has 16 heavy (non-hydrogen) atoms. The fourth-order valence-electron chi connectivity index (χ4n) is 1.42. The molecule has 2 aromatic rings. The lowest BCUT2D eigenvalue weighted by atomic mass is 10.3. The molecule has 8 nitrogen and oxygen atoms in total.